The lowest BCUT2D eigenvalue weighted by molar-refractivity contribution is -0.136. The van der Waals surface area contributed by atoms with Gasteiger partial charge in [-0.2, -0.15) is 0 Å². The van der Waals surface area contributed by atoms with Gasteiger partial charge in [0.15, 0.2) is 0 Å². The van der Waals surface area contributed by atoms with Crippen molar-refractivity contribution in [3.8, 4) is 11.8 Å². The lowest BCUT2D eigenvalue weighted by Crippen LogP contribution is -2.52. The zero-order valence-corrected chi connectivity index (χ0v) is 16.2. The molecule has 2 heterocycles. The first-order valence-corrected chi connectivity index (χ1v) is 9.76. The topological polar surface area (TPSA) is 111 Å². The third kappa shape index (κ3) is 5.56. The van der Waals surface area contributed by atoms with Gasteiger partial charge in [0.1, 0.15) is 12.1 Å². The van der Waals surface area contributed by atoms with Gasteiger partial charge in [0.05, 0.1) is 13.2 Å². The molecule has 1 aromatic rings. The van der Waals surface area contributed by atoms with Crippen molar-refractivity contribution in [2.75, 3.05) is 26.3 Å². The van der Waals surface area contributed by atoms with Crippen LogP contribution in [0.4, 0.5) is 4.79 Å². The molecule has 3 N–H and O–H groups in total. The zero-order valence-electron chi connectivity index (χ0n) is 16.2. The van der Waals surface area contributed by atoms with E-state index in [-0.39, 0.29) is 18.9 Å². The number of rotatable bonds is 7. The zero-order chi connectivity index (χ0) is 20.6. The van der Waals surface area contributed by atoms with Crippen molar-refractivity contribution >= 4 is 17.9 Å². The lowest BCUT2D eigenvalue weighted by Gasteiger charge is -2.27. The maximum absolute atomic E-state index is 12.3. The van der Waals surface area contributed by atoms with Crippen molar-refractivity contribution < 1.29 is 23.9 Å². The minimum Gasteiger partial charge on any atom is -0.439 e. The number of hydrogen-bond donors (Lipinski definition) is 2. The molecule has 1 aromatic carbocycles. The summed E-state index contributed by atoms with van der Waals surface area (Å²) < 4.78 is 10.9. The molecular formula is C21H25N3O5. The third-order valence-corrected chi connectivity index (χ3v) is 4.78. The first-order valence-electron chi connectivity index (χ1n) is 9.76. The van der Waals surface area contributed by atoms with Crippen LogP contribution >= 0.6 is 0 Å². The van der Waals surface area contributed by atoms with Crippen LogP contribution in [-0.2, 0) is 19.1 Å². The van der Waals surface area contributed by atoms with Crippen LogP contribution in [0.1, 0.15) is 42.9 Å². The predicted molar refractivity (Wildman–Crippen MR) is 105 cm³/mol. The maximum atomic E-state index is 12.3. The average molecular weight is 399 g/mol. The first kappa shape index (κ1) is 20.8. The highest BCUT2D eigenvalue weighted by molar-refractivity contribution is 6.01. The maximum Gasteiger partial charge on any atom is 0.411 e. The molecule has 0 aromatic heterocycles. The molecule has 2 aliphatic rings. The van der Waals surface area contributed by atoms with Crippen molar-refractivity contribution in [2.45, 2.75) is 37.8 Å². The Balaban J connectivity index is 1.58. The molecule has 29 heavy (non-hydrogen) atoms. The number of amides is 3. The second-order valence-electron chi connectivity index (χ2n) is 6.92. The van der Waals surface area contributed by atoms with E-state index in [1.165, 1.54) is 4.90 Å². The molecule has 0 radical (unpaired) electrons. The van der Waals surface area contributed by atoms with E-state index in [1.807, 2.05) is 24.3 Å². The molecule has 3 amide bonds. The Morgan fingerprint density at radius 2 is 2.14 bits per heavy atom. The van der Waals surface area contributed by atoms with E-state index in [2.05, 4.69) is 17.2 Å². The number of carbonyl (C=O) groups is 3. The molecule has 0 saturated carbocycles. The minimum absolute atomic E-state index is 0.214. The molecular weight excluding hydrogens is 374 g/mol. The quantitative estimate of drug-likeness (QED) is 0.403. The number of imide groups is 1. The van der Waals surface area contributed by atoms with Gasteiger partial charge in [-0.1, -0.05) is 24.0 Å². The van der Waals surface area contributed by atoms with E-state index in [4.69, 9.17) is 15.2 Å². The molecule has 0 aliphatic carbocycles. The van der Waals surface area contributed by atoms with Gasteiger partial charge in [-0.15, -0.1) is 0 Å². The fraction of sp³-hybridized carbons (Fsp3) is 0.476. The Bertz CT molecular complexity index is 829. The van der Waals surface area contributed by atoms with Gasteiger partial charge in [0.25, 0.3) is 0 Å². The Hall–Kier alpha value is -2.89. The molecule has 1 unspecified atom stereocenters. The summed E-state index contributed by atoms with van der Waals surface area (Å²) in [4.78, 5) is 37.0. The molecule has 0 bridgehead atoms. The van der Waals surface area contributed by atoms with Crippen LogP contribution < -0.4 is 11.1 Å². The second-order valence-corrected chi connectivity index (χ2v) is 6.92. The van der Waals surface area contributed by atoms with Crippen LogP contribution in [0.25, 0.3) is 0 Å². The molecule has 0 spiro atoms. The van der Waals surface area contributed by atoms with Crippen LogP contribution in [0.5, 0.6) is 0 Å². The number of piperidine rings is 1. The van der Waals surface area contributed by atoms with Crippen molar-refractivity contribution in [3.63, 3.8) is 0 Å². The van der Waals surface area contributed by atoms with Crippen molar-refractivity contribution in [2.24, 2.45) is 5.73 Å². The third-order valence-electron chi connectivity index (χ3n) is 4.78. The summed E-state index contributed by atoms with van der Waals surface area (Å²) >= 11 is 0. The summed E-state index contributed by atoms with van der Waals surface area (Å²) in [5, 5.41) is 2.27. The largest absolute Gasteiger partial charge is 0.439 e. The molecule has 154 valence electrons. The van der Waals surface area contributed by atoms with Gasteiger partial charge in [-0.3, -0.25) is 19.8 Å². The van der Waals surface area contributed by atoms with Crippen molar-refractivity contribution in [3.05, 3.63) is 35.4 Å². The highest BCUT2D eigenvalue weighted by Crippen LogP contribution is 2.29. The van der Waals surface area contributed by atoms with Crippen LogP contribution in [0.15, 0.2) is 24.3 Å². The van der Waals surface area contributed by atoms with E-state index in [9.17, 15) is 14.4 Å². The van der Waals surface area contributed by atoms with E-state index in [0.717, 1.165) is 17.5 Å². The average Bonchev–Trinajstić information content (AvgIpc) is 3.09. The van der Waals surface area contributed by atoms with E-state index < -0.39 is 24.1 Å². The molecule has 2 atom stereocenters. The minimum atomic E-state index is -0.674. The fourth-order valence-corrected chi connectivity index (χ4v) is 3.28. The molecule has 2 fully saturated rings. The predicted octanol–water partition coefficient (Wildman–Crippen LogP) is 1.09. The highest BCUT2D eigenvalue weighted by atomic mass is 16.6. The van der Waals surface area contributed by atoms with Gasteiger partial charge in [-0.25, -0.2) is 4.79 Å². The summed E-state index contributed by atoms with van der Waals surface area (Å²) in [6.45, 7) is 2.08. The number of nitrogens with one attached hydrogen (secondary N) is 1. The standard InChI is InChI=1S/C21H25N3O5/c22-10-4-12-28-11-2-1-5-15-6-3-7-16(13-15)18-14-24(21(27)29-18)17-8-9-19(25)23-20(17)26/h3,6-7,13,17-18H,2,4,8-12,14,22H2,(H,23,25,26)/t17?,18-/m1/s1. The van der Waals surface area contributed by atoms with Gasteiger partial charge in [-0.05, 0) is 37.1 Å². The number of hydrogen-bond acceptors (Lipinski definition) is 6. The van der Waals surface area contributed by atoms with Gasteiger partial charge < -0.3 is 15.2 Å². The second kappa shape index (κ2) is 10.0. The lowest BCUT2D eigenvalue weighted by atomic mass is 10.0. The summed E-state index contributed by atoms with van der Waals surface area (Å²) in [6, 6.07) is 6.83. The Kier molecular flexibility index (Phi) is 7.22. The summed E-state index contributed by atoms with van der Waals surface area (Å²) in [5.41, 5.74) is 7.05. The summed E-state index contributed by atoms with van der Waals surface area (Å²) in [6.07, 6.45) is 0.962. The monoisotopic (exact) mass is 399 g/mol. The van der Waals surface area contributed by atoms with E-state index >= 15 is 0 Å². The van der Waals surface area contributed by atoms with Gasteiger partial charge in [0.2, 0.25) is 11.8 Å². The number of nitrogens with zero attached hydrogens (tertiary/aromatic N) is 1. The van der Waals surface area contributed by atoms with Crippen LogP contribution in [0, 0.1) is 11.8 Å². The van der Waals surface area contributed by atoms with Gasteiger partial charge in [0, 0.05) is 25.0 Å². The van der Waals surface area contributed by atoms with Crippen molar-refractivity contribution in [1.82, 2.24) is 10.2 Å². The molecule has 2 saturated heterocycles. The molecule has 8 nitrogen and oxygen atoms in total. The SMILES string of the molecule is NCCCOCCC#Cc1cccc([C@H]2CN(C3CCC(=O)NC3=O)C(=O)O2)c1. The fourth-order valence-electron chi connectivity index (χ4n) is 3.28. The number of nitrogens with two attached hydrogens (primary N) is 1. The van der Waals surface area contributed by atoms with Crippen LogP contribution in [0.2, 0.25) is 0 Å². The Morgan fingerprint density at radius 3 is 2.93 bits per heavy atom. The number of cyclic esters (lactones) is 1. The van der Waals surface area contributed by atoms with Crippen LogP contribution in [-0.4, -0.2) is 55.2 Å². The number of benzene rings is 1. The number of carbonyl (C=O) groups excluding carboxylic acids is 3. The first-order chi connectivity index (χ1) is 14.1. The summed E-state index contributed by atoms with van der Waals surface area (Å²) in [7, 11) is 0. The Labute approximate surface area is 169 Å². The molecule has 3 rings (SSSR count). The van der Waals surface area contributed by atoms with Crippen LogP contribution in [0.3, 0.4) is 0 Å². The Morgan fingerprint density at radius 1 is 1.28 bits per heavy atom. The van der Waals surface area contributed by atoms with Gasteiger partial charge >= 0.3 is 6.09 Å². The van der Waals surface area contributed by atoms with E-state index in [1.54, 1.807) is 0 Å². The summed E-state index contributed by atoms with van der Waals surface area (Å²) in [5.74, 6) is 5.39. The smallest absolute Gasteiger partial charge is 0.411 e. The normalized spacial score (nSPS) is 21.4. The van der Waals surface area contributed by atoms with E-state index in [0.29, 0.717) is 32.6 Å². The highest BCUT2D eigenvalue weighted by Gasteiger charge is 2.41. The number of ether oxygens (including phenoxy) is 2. The molecule has 2 aliphatic heterocycles. The molecule has 8 heteroatoms. The van der Waals surface area contributed by atoms with Crippen molar-refractivity contribution in [1.29, 1.82) is 0 Å².